The van der Waals surface area contributed by atoms with Crippen molar-refractivity contribution in [3.8, 4) is 0 Å². The summed E-state index contributed by atoms with van der Waals surface area (Å²) in [7, 11) is 1.98. The summed E-state index contributed by atoms with van der Waals surface area (Å²) in [6.45, 7) is 4.29. The van der Waals surface area contributed by atoms with E-state index in [4.69, 9.17) is 0 Å². The topological polar surface area (TPSA) is 29.9 Å². The van der Waals surface area contributed by atoms with Gasteiger partial charge in [-0.25, -0.2) is 0 Å². The maximum absolute atomic E-state index is 4.47. The Bertz CT molecular complexity index is 566. The molecule has 19 heavy (non-hydrogen) atoms. The summed E-state index contributed by atoms with van der Waals surface area (Å²) < 4.78 is 4.36. The van der Waals surface area contributed by atoms with Crippen LogP contribution in [0.1, 0.15) is 37.2 Å². The molecular weight excluding hydrogens is 417 g/mol. The molecule has 1 aromatic heterocycles. The molecule has 0 saturated heterocycles. The van der Waals surface area contributed by atoms with Crippen molar-refractivity contribution in [1.82, 2.24) is 15.1 Å². The van der Waals surface area contributed by atoms with Crippen LogP contribution in [0.2, 0.25) is 0 Å². The smallest absolute Gasteiger partial charge is 0.0767 e. The number of benzene rings is 1. The zero-order chi connectivity index (χ0) is 14.0. The first-order chi connectivity index (χ1) is 9.06. The fourth-order valence-electron chi connectivity index (χ4n) is 2.18. The van der Waals surface area contributed by atoms with Crippen molar-refractivity contribution in [2.45, 2.75) is 25.9 Å². The summed E-state index contributed by atoms with van der Waals surface area (Å²) in [5.41, 5.74) is 2.44. The highest BCUT2D eigenvalue weighted by Crippen LogP contribution is 2.32. The lowest BCUT2D eigenvalue weighted by Crippen LogP contribution is -2.23. The lowest BCUT2D eigenvalue weighted by Gasteiger charge is -2.22. The number of nitrogens with one attached hydrogen (secondary N) is 1. The summed E-state index contributed by atoms with van der Waals surface area (Å²) in [5, 5.41) is 7.87. The standard InChI is InChI=1S/C14H17BrIN3/c1-9(2)19-14(11(15)8-18-19)13(17-3)10-6-4-5-7-12(10)16/h4-9,13,17H,1-3H3. The van der Waals surface area contributed by atoms with Crippen molar-refractivity contribution >= 4 is 38.5 Å². The minimum absolute atomic E-state index is 0.132. The van der Waals surface area contributed by atoms with E-state index in [1.165, 1.54) is 14.8 Å². The van der Waals surface area contributed by atoms with Crippen molar-refractivity contribution in [2.24, 2.45) is 0 Å². The van der Waals surface area contributed by atoms with Crippen LogP contribution in [0.15, 0.2) is 34.9 Å². The quantitative estimate of drug-likeness (QED) is 0.734. The van der Waals surface area contributed by atoms with Gasteiger partial charge in [0, 0.05) is 9.61 Å². The van der Waals surface area contributed by atoms with Gasteiger partial charge in [-0.3, -0.25) is 4.68 Å². The zero-order valence-electron chi connectivity index (χ0n) is 11.2. The van der Waals surface area contributed by atoms with Crippen LogP contribution in [0.4, 0.5) is 0 Å². The Morgan fingerprint density at radius 3 is 2.58 bits per heavy atom. The molecule has 1 atom stereocenters. The molecule has 0 aliphatic carbocycles. The zero-order valence-corrected chi connectivity index (χ0v) is 14.9. The van der Waals surface area contributed by atoms with Crippen LogP contribution in [-0.2, 0) is 0 Å². The number of hydrogen-bond acceptors (Lipinski definition) is 2. The molecule has 2 rings (SSSR count). The number of aromatic nitrogens is 2. The fourth-order valence-corrected chi connectivity index (χ4v) is 3.38. The highest BCUT2D eigenvalue weighted by molar-refractivity contribution is 14.1. The second-order valence-electron chi connectivity index (χ2n) is 4.66. The molecule has 0 fully saturated rings. The molecule has 0 amide bonds. The van der Waals surface area contributed by atoms with Gasteiger partial charge in [0.1, 0.15) is 0 Å². The summed E-state index contributed by atoms with van der Waals surface area (Å²) in [6.07, 6.45) is 1.87. The van der Waals surface area contributed by atoms with Gasteiger partial charge in [0.2, 0.25) is 0 Å². The third-order valence-corrected chi connectivity index (χ3v) is 4.65. The van der Waals surface area contributed by atoms with E-state index in [0.29, 0.717) is 6.04 Å². The number of rotatable bonds is 4. The van der Waals surface area contributed by atoms with E-state index < -0.39 is 0 Å². The predicted molar refractivity (Wildman–Crippen MR) is 90.4 cm³/mol. The van der Waals surface area contributed by atoms with Crippen LogP contribution in [-0.4, -0.2) is 16.8 Å². The van der Waals surface area contributed by atoms with Crippen LogP contribution in [0.5, 0.6) is 0 Å². The van der Waals surface area contributed by atoms with Gasteiger partial charge < -0.3 is 5.32 Å². The molecule has 5 heteroatoms. The molecule has 102 valence electrons. The molecule has 0 saturated carbocycles. The molecule has 1 aromatic carbocycles. The molecule has 3 nitrogen and oxygen atoms in total. The van der Waals surface area contributed by atoms with Crippen LogP contribution in [0.25, 0.3) is 0 Å². The highest BCUT2D eigenvalue weighted by Gasteiger charge is 2.23. The third-order valence-electron chi connectivity index (χ3n) is 3.05. The van der Waals surface area contributed by atoms with Crippen molar-refractivity contribution in [3.63, 3.8) is 0 Å². The normalized spacial score (nSPS) is 12.9. The van der Waals surface area contributed by atoms with E-state index in [2.05, 4.69) is 91.7 Å². The van der Waals surface area contributed by atoms with Gasteiger partial charge in [0.05, 0.1) is 22.4 Å². The maximum atomic E-state index is 4.47. The van der Waals surface area contributed by atoms with Crippen molar-refractivity contribution in [3.05, 3.63) is 49.8 Å². The molecule has 0 radical (unpaired) electrons. The monoisotopic (exact) mass is 433 g/mol. The second kappa shape index (κ2) is 6.37. The first-order valence-corrected chi connectivity index (χ1v) is 8.08. The average molecular weight is 434 g/mol. The Morgan fingerprint density at radius 1 is 1.32 bits per heavy atom. The van der Waals surface area contributed by atoms with E-state index in [1.807, 2.05) is 13.2 Å². The lowest BCUT2D eigenvalue weighted by atomic mass is 10.0. The van der Waals surface area contributed by atoms with E-state index >= 15 is 0 Å². The second-order valence-corrected chi connectivity index (χ2v) is 6.68. The Hall–Kier alpha value is -0.400. The SMILES string of the molecule is CNC(c1ccccc1I)c1c(Br)cnn1C(C)C. The Morgan fingerprint density at radius 2 is 2.00 bits per heavy atom. The minimum atomic E-state index is 0.132. The van der Waals surface area contributed by atoms with Gasteiger partial charge in [-0.05, 0) is 71.0 Å². The number of nitrogens with zero attached hydrogens (tertiary/aromatic N) is 2. The maximum Gasteiger partial charge on any atom is 0.0767 e. The van der Waals surface area contributed by atoms with Gasteiger partial charge in [-0.1, -0.05) is 18.2 Å². The van der Waals surface area contributed by atoms with Crippen molar-refractivity contribution in [1.29, 1.82) is 0 Å². The summed E-state index contributed by atoms with van der Waals surface area (Å²) in [4.78, 5) is 0. The Kier molecular flexibility index (Phi) is 5.03. The molecule has 0 bridgehead atoms. The van der Waals surface area contributed by atoms with Gasteiger partial charge in [0.15, 0.2) is 0 Å². The van der Waals surface area contributed by atoms with Crippen molar-refractivity contribution < 1.29 is 0 Å². The van der Waals surface area contributed by atoms with Gasteiger partial charge >= 0.3 is 0 Å². The highest BCUT2D eigenvalue weighted by atomic mass is 127. The molecular formula is C14H17BrIN3. The largest absolute Gasteiger partial charge is 0.308 e. The molecule has 1 unspecified atom stereocenters. The third kappa shape index (κ3) is 3.03. The minimum Gasteiger partial charge on any atom is -0.308 e. The van der Waals surface area contributed by atoms with Crippen LogP contribution < -0.4 is 5.32 Å². The summed E-state index contributed by atoms with van der Waals surface area (Å²) >= 11 is 6.00. The summed E-state index contributed by atoms with van der Waals surface area (Å²) in [6, 6.07) is 8.89. The van der Waals surface area contributed by atoms with Gasteiger partial charge in [-0.15, -0.1) is 0 Å². The summed E-state index contributed by atoms with van der Waals surface area (Å²) in [5.74, 6) is 0. The molecule has 1 N–H and O–H groups in total. The molecule has 0 aliphatic heterocycles. The van der Waals surface area contributed by atoms with E-state index in [1.54, 1.807) is 0 Å². The molecule has 1 heterocycles. The number of halogens is 2. The van der Waals surface area contributed by atoms with Crippen LogP contribution in [0.3, 0.4) is 0 Å². The van der Waals surface area contributed by atoms with Gasteiger partial charge in [-0.2, -0.15) is 5.10 Å². The van der Waals surface area contributed by atoms with Crippen LogP contribution >= 0.6 is 38.5 Å². The first kappa shape index (κ1) is 15.0. The van der Waals surface area contributed by atoms with E-state index in [-0.39, 0.29) is 6.04 Å². The first-order valence-electron chi connectivity index (χ1n) is 6.20. The van der Waals surface area contributed by atoms with Crippen LogP contribution in [0, 0.1) is 3.57 Å². The molecule has 0 aliphatic rings. The Labute approximate surface area is 136 Å². The predicted octanol–water partition coefficient (Wildman–Crippen LogP) is 4.14. The Balaban J connectivity index is 2.55. The van der Waals surface area contributed by atoms with E-state index in [9.17, 15) is 0 Å². The number of hydrogen-bond donors (Lipinski definition) is 1. The lowest BCUT2D eigenvalue weighted by molar-refractivity contribution is 0.482. The molecule has 2 aromatic rings. The van der Waals surface area contributed by atoms with E-state index in [0.717, 1.165) is 4.47 Å². The molecule has 0 spiro atoms. The average Bonchev–Trinajstić information content (AvgIpc) is 2.75. The van der Waals surface area contributed by atoms with Crippen molar-refractivity contribution in [2.75, 3.05) is 7.05 Å². The fraction of sp³-hybridized carbons (Fsp3) is 0.357. The van der Waals surface area contributed by atoms with Gasteiger partial charge in [0.25, 0.3) is 0 Å².